The second-order valence-corrected chi connectivity index (χ2v) is 6.74. The molecule has 0 unspecified atom stereocenters. The van der Waals surface area contributed by atoms with Gasteiger partial charge in [-0.3, -0.25) is 0 Å². The van der Waals surface area contributed by atoms with Gasteiger partial charge in [-0.2, -0.15) is 0 Å². The van der Waals surface area contributed by atoms with Crippen LogP contribution in [0.4, 0.5) is 27.7 Å². The highest BCUT2D eigenvalue weighted by atomic mass is 35.5. The maximum atomic E-state index is 12.3. The lowest BCUT2D eigenvalue weighted by molar-refractivity contribution is 0.0527. The molecule has 3 rings (SSSR count). The van der Waals surface area contributed by atoms with Gasteiger partial charge >= 0.3 is 12.0 Å². The van der Waals surface area contributed by atoms with Crippen LogP contribution in [0.25, 0.3) is 0 Å². The second kappa shape index (κ2) is 9.76. The van der Waals surface area contributed by atoms with Gasteiger partial charge in [-0.1, -0.05) is 23.7 Å². The lowest BCUT2D eigenvalue weighted by atomic mass is 10.2. The number of pyridine rings is 1. The summed E-state index contributed by atoms with van der Waals surface area (Å²) in [6.07, 6.45) is 1.59. The Morgan fingerprint density at radius 2 is 1.73 bits per heavy atom. The maximum absolute atomic E-state index is 12.3. The third-order valence-electron chi connectivity index (χ3n) is 4.17. The summed E-state index contributed by atoms with van der Waals surface area (Å²) in [5.41, 5.74) is 3.07. The summed E-state index contributed by atoms with van der Waals surface area (Å²) in [6, 6.07) is 15.3. The van der Waals surface area contributed by atoms with Crippen molar-refractivity contribution in [2.75, 3.05) is 22.6 Å². The summed E-state index contributed by atoms with van der Waals surface area (Å²) >= 11 is 6.14. The number of rotatable bonds is 6. The number of hydrogen-bond donors (Lipinski definition) is 3. The van der Waals surface area contributed by atoms with Gasteiger partial charge in [-0.15, -0.1) is 0 Å². The number of aryl methyl sites for hydroxylation is 1. The van der Waals surface area contributed by atoms with E-state index in [1.165, 1.54) is 0 Å². The van der Waals surface area contributed by atoms with E-state index < -0.39 is 12.0 Å². The quantitative estimate of drug-likeness (QED) is 0.447. The number of carbonyl (C=O) groups excluding carboxylic acids is 2. The van der Waals surface area contributed by atoms with Crippen molar-refractivity contribution in [3.63, 3.8) is 0 Å². The van der Waals surface area contributed by atoms with Crippen LogP contribution in [0, 0.1) is 6.92 Å². The second-order valence-electron chi connectivity index (χ2n) is 6.33. The van der Waals surface area contributed by atoms with Crippen molar-refractivity contribution in [2.45, 2.75) is 13.8 Å². The number of hydrogen-bond acceptors (Lipinski definition) is 5. The molecule has 2 aromatic carbocycles. The molecular weight excluding hydrogens is 404 g/mol. The van der Waals surface area contributed by atoms with Crippen LogP contribution in [0.3, 0.4) is 0 Å². The number of carbonyl (C=O) groups is 2. The van der Waals surface area contributed by atoms with E-state index in [4.69, 9.17) is 16.3 Å². The van der Waals surface area contributed by atoms with Crippen LogP contribution >= 0.6 is 11.6 Å². The Bertz CT molecular complexity index is 1030. The number of ether oxygens (including phenoxy) is 1. The summed E-state index contributed by atoms with van der Waals surface area (Å²) in [7, 11) is 0. The van der Waals surface area contributed by atoms with E-state index in [1.807, 2.05) is 19.1 Å². The fraction of sp³-hybridized carbons (Fsp3) is 0.136. The number of esters is 1. The number of benzene rings is 2. The van der Waals surface area contributed by atoms with Gasteiger partial charge in [0, 0.05) is 17.6 Å². The van der Waals surface area contributed by atoms with E-state index in [0.29, 0.717) is 33.5 Å². The number of urea groups is 1. The third-order valence-corrected chi connectivity index (χ3v) is 4.48. The Labute approximate surface area is 179 Å². The Kier molecular flexibility index (Phi) is 6.87. The minimum atomic E-state index is -0.446. The van der Waals surface area contributed by atoms with Crippen molar-refractivity contribution in [1.29, 1.82) is 0 Å². The molecule has 154 valence electrons. The zero-order chi connectivity index (χ0) is 21.5. The zero-order valence-electron chi connectivity index (χ0n) is 16.5. The molecule has 0 fully saturated rings. The zero-order valence-corrected chi connectivity index (χ0v) is 17.3. The fourth-order valence-electron chi connectivity index (χ4n) is 2.72. The first-order valence-electron chi connectivity index (χ1n) is 9.30. The monoisotopic (exact) mass is 424 g/mol. The van der Waals surface area contributed by atoms with Crippen molar-refractivity contribution in [2.24, 2.45) is 0 Å². The van der Waals surface area contributed by atoms with Gasteiger partial charge in [-0.05, 0) is 61.9 Å². The molecule has 0 aliphatic heterocycles. The van der Waals surface area contributed by atoms with Crippen LogP contribution in [0.1, 0.15) is 22.8 Å². The molecule has 8 heteroatoms. The average molecular weight is 425 g/mol. The lowest BCUT2D eigenvalue weighted by Gasteiger charge is -2.13. The molecule has 1 aromatic heterocycles. The van der Waals surface area contributed by atoms with Crippen molar-refractivity contribution in [3.8, 4) is 0 Å². The lowest BCUT2D eigenvalue weighted by Crippen LogP contribution is -2.20. The molecule has 3 N–H and O–H groups in total. The van der Waals surface area contributed by atoms with Crippen molar-refractivity contribution in [3.05, 3.63) is 76.9 Å². The van der Waals surface area contributed by atoms with E-state index >= 15 is 0 Å². The van der Waals surface area contributed by atoms with Crippen LogP contribution in [0.5, 0.6) is 0 Å². The summed E-state index contributed by atoms with van der Waals surface area (Å²) in [5, 5.41) is 9.07. The van der Waals surface area contributed by atoms with Crippen LogP contribution in [0.15, 0.2) is 60.8 Å². The molecule has 0 bridgehead atoms. The number of halogens is 1. The molecule has 3 aromatic rings. The van der Waals surface area contributed by atoms with Gasteiger partial charge < -0.3 is 20.7 Å². The van der Waals surface area contributed by atoms with Crippen LogP contribution < -0.4 is 16.0 Å². The Morgan fingerprint density at radius 3 is 2.43 bits per heavy atom. The van der Waals surface area contributed by atoms with Gasteiger partial charge in [0.25, 0.3) is 0 Å². The van der Waals surface area contributed by atoms with E-state index in [9.17, 15) is 9.59 Å². The van der Waals surface area contributed by atoms with E-state index in [0.717, 1.165) is 5.56 Å². The molecule has 0 atom stereocenters. The SMILES string of the molecule is CCOC(=O)c1cccnc1Nc1ccc(NC(=O)Nc2c(C)cccc2Cl)cc1. The highest BCUT2D eigenvalue weighted by molar-refractivity contribution is 6.34. The largest absolute Gasteiger partial charge is 0.462 e. The minimum absolute atomic E-state index is 0.281. The molecule has 0 saturated heterocycles. The number of nitrogens with one attached hydrogen (secondary N) is 3. The predicted octanol–water partition coefficient (Wildman–Crippen LogP) is 5.61. The number of anilines is 4. The number of nitrogens with zero attached hydrogens (tertiary/aromatic N) is 1. The van der Waals surface area contributed by atoms with Crippen molar-refractivity contribution in [1.82, 2.24) is 4.98 Å². The Balaban J connectivity index is 1.66. The predicted molar refractivity (Wildman–Crippen MR) is 119 cm³/mol. The number of aromatic nitrogens is 1. The first kappa shape index (κ1) is 21.1. The van der Waals surface area contributed by atoms with Gasteiger partial charge in [0.1, 0.15) is 11.4 Å². The van der Waals surface area contributed by atoms with Crippen LogP contribution in [-0.2, 0) is 4.74 Å². The topological polar surface area (TPSA) is 92.3 Å². The normalized spacial score (nSPS) is 10.2. The molecule has 0 aliphatic carbocycles. The summed E-state index contributed by atoms with van der Waals surface area (Å²) < 4.78 is 5.05. The molecule has 30 heavy (non-hydrogen) atoms. The van der Waals surface area contributed by atoms with Gasteiger partial charge in [0.05, 0.1) is 17.3 Å². The fourth-order valence-corrected chi connectivity index (χ4v) is 2.99. The molecule has 1 heterocycles. The third kappa shape index (κ3) is 5.27. The summed E-state index contributed by atoms with van der Waals surface area (Å²) in [6.45, 7) is 3.89. The number of amides is 2. The molecule has 0 saturated carbocycles. The molecule has 2 amide bonds. The van der Waals surface area contributed by atoms with Crippen LogP contribution in [-0.4, -0.2) is 23.6 Å². The molecule has 7 nitrogen and oxygen atoms in total. The minimum Gasteiger partial charge on any atom is -0.462 e. The molecule has 0 spiro atoms. The first-order chi connectivity index (χ1) is 14.5. The maximum Gasteiger partial charge on any atom is 0.341 e. The standard InChI is InChI=1S/C22H21ClN4O3/c1-3-30-21(28)17-7-5-13-24-20(17)25-15-9-11-16(12-10-15)26-22(29)27-19-14(2)6-4-8-18(19)23/h4-13H,3H2,1-2H3,(H,24,25)(H2,26,27,29). The summed E-state index contributed by atoms with van der Waals surface area (Å²) in [5.74, 6) is -0.0541. The van der Waals surface area contributed by atoms with Crippen molar-refractivity contribution >= 4 is 46.5 Å². The Morgan fingerprint density at radius 1 is 1.00 bits per heavy atom. The Hall–Kier alpha value is -3.58. The van der Waals surface area contributed by atoms with Gasteiger partial charge in [-0.25, -0.2) is 14.6 Å². The van der Waals surface area contributed by atoms with E-state index in [-0.39, 0.29) is 6.61 Å². The molecular formula is C22H21ClN4O3. The van der Waals surface area contributed by atoms with Gasteiger partial charge in [0.2, 0.25) is 0 Å². The van der Waals surface area contributed by atoms with Gasteiger partial charge in [0.15, 0.2) is 0 Å². The van der Waals surface area contributed by atoms with E-state index in [2.05, 4.69) is 20.9 Å². The van der Waals surface area contributed by atoms with E-state index in [1.54, 1.807) is 55.6 Å². The highest BCUT2D eigenvalue weighted by Gasteiger charge is 2.13. The van der Waals surface area contributed by atoms with Crippen LogP contribution in [0.2, 0.25) is 5.02 Å². The number of para-hydroxylation sites is 1. The first-order valence-corrected chi connectivity index (χ1v) is 9.68. The highest BCUT2D eigenvalue weighted by Crippen LogP contribution is 2.26. The molecule has 0 aliphatic rings. The van der Waals surface area contributed by atoms with Crippen molar-refractivity contribution < 1.29 is 14.3 Å². The summed E-state index contributed by atoms with van der Waals surface area (Å²) in [4.78, 5) is 28.6. The molecule has 0 radical (unpaired) electrons. The average Bonchev–Trinajstić information content (AvgIpc) is 2.73. The smallest absolute Gasteiger partial charge is 0.341 e.